The molecular weight excluding hydrogens is 208 g/mol. The SMILES string of the molecule is C=N/C(=N\C)c1ccc(-c2ccccc2)cc1. The molecule has 17 heavy (non-hydrogen) atoms. The van der Waals surface area contributed by atoms with Gasteiger partial charge in [0.2, 0.25) is 0 Å². The van der Waals surface area contributed by atoms with Gasteiger partial charge in [-0.05, 0) is 17.8 Å². The molecule has 84 valence electrons. The molecule has 2 nitrogen and oxygen atoms in total. The molecule has 0 saturated heterocycles. The molecule has 0 amide bonds. The maximum Gasteiger partial charge on any atom is 0.153 e. The molecule has 0 unspecified atom stereocenters. The van der Waals surface area contributed by atoms with Crippen molar-refractivity contribution < 1.29 is 0 Å². The quantitative estimate of drug-likeness (QED) is 0.549. The summed E-state index contributed by atoms with van der Waals surface area (Å²) in [6.45, 7) is 3.51. The highest BCUT2D eigenvalue weighted by Crippen LogP contribution is 2.19. The average molecular weight is 222 g/mol. The summed E-state index contributed by atoms with van der Waals surface area (Å²) in [5, 5.41) is 0. The fourth-order valence-corrected chi connectivity index (χ4v) is 1.73. The summed E-state index contributed by atoms with van der Waals surface area (Å²) < 4.78 is 0. The number of benzene rings is 2. The zero-order valence-corrected chi connectivity index (χ0v) is 9.80. The fraction of sp³-hybridized carbons (Fsp3) is 0.0667. The molecule has 0 spiro atoms. The Balaban J connectivity index is 2.34. The minimum absolute atomic E-state index is 0.671. The van der Waals surface area contributed by atoms with Gasteiger partial charge in [-0.25, -0.2) is 4.99 Å². The van der Waals surface area contributed by atoms with Gasteiger partial charge in [0.25, 0.3) is 0 Å². The van der Waals surface area contributed by atoms with Crippen LogP contribution in [0.2, 0.25) is 0 Å². The highest BCUT2D eigenvalue weighted by atomic mass is 14.9. The Morgan fingerprint density at radius 3 is 2.00 bits per heavy atom. The van der Waals surface area contributed by atoms with E-state index in [9.17, 15) is 0 Å². The number of nitrogens with zero attached hydrogens (tertiary/aromatic N) is 2. The van der Waals surface area contributed by atoms with E-state index in [-0.39, 0.29) is 0 Å². The van der Waals surface area contributed by atoms with Gasteiger partial charge in [-0.3, -0.25) is 4.99 Å². The lowest BCUT2D eigenvalue weighted by atomic mass is 10.0. The number of rotatable bonds is 2. The van der Waals surface area contributed by atoms with Gasteiger partial charge in [-0.2, -0.15) is 0 Å². The second kappa shape index (κ2) is 5.21. The molecule has 0 radical (unpaired) electrons. The molecule has 2 aromatic carbocycles. The van der Waals surface area contributed by atoms with Crippen molar-refractivity contribution in [1.82, 2.24) is 0 Å². The van der Waals surface area contributed by atoms with Crippen LogP contribution in [0, 0.1) is 0 Å². The number of hydrogen-bond donors (Lipinski definition) is 0. The van der Waals surface area contributed by atoms with Crippen LogP contribution < -0.4 is 0 Å². The third-order valence-corrected chi connectivity index (χ3v) is 2.61. The predicted octanol–water partition coefficient (Wildman–Crippen LogP) is 3.43. The summed E-state index contributed by atoms with van der Waals surface area (Å²) in [5.41, 5.74) is 3.39. The van der Waals surface area contributed by atoms with Crippen molar-refractivity contribution in [3.05, 3.63) is 60.2 Å². The zero-order valence-electron chi connectivity index (χ0n) is 9.80. The smallest absolute Gasteiger partial charge is 0.153 e. The molecule has 2 rings (SSSR count). The van der Waals surface area contributed by atoms with Crippen molar-refractivity contribution in [3.8, 4) is 11.1 Å². The Hall–Kier alpha value is -2.22. The van der Waals surface area contributed by atoms with Crippen molar-refractivity contribution in [1.29, 1.82) is 0 Å². The van der Waals surface area contributed by atoms with E-state index in [1.165, 1.54) is 11.1 Å². The van der Waals surface area contributed by atoms with Crippen molar-refractivity contribution in [2.24, 2.45) is 9.98 Å². The van der Waals surface area contributed by atoms with E-state index >= 15 is 0 Å². The molecule has 0 saturated carbocycles. The second-order valence-electron chi connectivity index (χ2n) is 3.65. The fourth-order valence-electron chi connectivity index (χ4n) is 1.73. The van der Waals surface area contributed by atoms with E-state index in [0.717, 1.165) is 5.56 Å². The zero-order chi connectivity index (χ0) is 12.1. The van der Waals surface area contributed by atoms with Gasteiger partial charge in [0.15, 0.2) is 5.84 Å². The van der Waals surface area contributed by atoms with Gasteiger partial charge in [-0.1, -0.05) is 54.6 Å². The molecule has 0 fully saturated rings. The summed E-state index contributed by atoms with van der Waals surface area (Å²) in [6.07, 6.45) is 0. The van der Waals surface area contributed by atoms with Crippen LogP contribution in [-0.2, 0) is 0 Å². The first-order chi connectivity index (χ1) is 8.35. The molecule has 0 bridgehead atoms. The molecule has 2 aromatic rings. The number of aliphatic imine (C=N–C) groups is 2. The normalized spacial score (nSPS) is 11.2. The Morgan fingerprint density at radius 1 is 0.882 bits per heavy atom. The maximum atomic E-state index is 4.07. The summed E-state index contributed by atoms with van der Waals surface area (Å²) >= 11 is 0. The van der Waals surface area contributed by atoms with Gasteiger partial charge in [-0.15, -0.1) is 0 Å². The number of hydrogen-bond acceptors (Lipinski definition) is 1. The minimum Gasteiger partial charge on any atom is -0.270 e. The van der Waals surface area contributed by atoms with E-state index in [2.05, 4.69) is 41.0 Å². The van der Waals surface area contributed by atoms with Gasteiger partial charge in [0.1, 0.15) is 0 Å². The summed E-state index contributed by atoms with van der Waals surface area (Å²) in [7, 11) is 1.72. The third kappa shape index (κ3) is 2.48. The molecule has 0 aliphatic carbocycles. The first-order valence-electron chi connectivity index (χ1n) is 5.44. The van der Waals surface area contributed by atoms with E-state index in [0.29, 0.717) is 5.84 Å². The minimum atomic E-state index is 0.671. The van der Waals surface area contributed by atoms with Crippen LogP contribution in [-0.4, -0.2) is 19.6 Å². The Labute approximate surface area is 101 Å². The standard InChI is InChI=1S/C15H14N2/c1-16-15(17-2)14-10-8-13(9-11-14)12-6-4-3-5-7-12/h3-11H,1H2,2H3/b17-15-. The van der Waals surface area contributed by atoms with Crippen LogP contribution in [0.4, 0.5) is 0 Å². The largest absolute Gasteiger partial charge is 0.270 e. The second-order valence-corrected chi connectivity index (χ2v) is 3.65. The van der Waals surface area contributed by atoms with E-state index in [1.54, 1.807) is 7.05 Å². The van der Waals surface area contributed by atoms with E-state index in [1.807, 2.05) is 30.3 Å². The highest BCUT2D eigenvalue weighted by Gasteiger charge is 2.00. The summed E-state index contributed by atoms with van der Waals surface area (Å²) in [6, 6.07) is 18.4. The topological polar surface area (TPSA) is 24.7 Å². The highest BCUT2D eigenvalue weighted by molar-refractivity contribution is 6.01. The van der Waals surface area contributed by atoms with Crippen LogP contribution >= 0.6 is 0 Å². The van der Waals surface area contributed by atoms with Crippen LogP contribution in [0.15, 0.2) is 64.6 Å². The Morgan fingerprint density at radius 2 is 1.47 bits per heavy atom. The third-order valence-electron chi connectivity index (χ3n) is 2.61. The van der Waals surface area contributed by atoms with Crippen molar-refractivity contribution >= 4 is 12.6 Å². The molecule has 0 heterocycles. The molecule has 0 atom stereocenters. The predicted molar refractivity (Wildman–Crippen MR) is 73.9 cm³/mol. The first-order valence-corrected chi connectivity index (χ1v) is 5.44. The van der Waals surface area contributed by atoms with E-state index < -0.39 is 0 Å². The Bertz CT molecular complexity index is 525. The molecular formula is C15H14N2. The van der Waals surface area contributed by atoms with Gasteiger partial charge in [0, 0.05) is 12.6 Å². The first kappa shape index (κ1) is 11.3. The van der Waals surface area contributed by atoms with Crippen LogP contribution in [0.25, 0.3) is 11.1 Å². The average Bonchev–Trinajstić information content (AvgIpc) is 2.42. The monoisotopic (exact) mass is 222 g/mol. The van der Waals surface area contributed by atoms with Crippen LogP contribution in [0.5, 0.6) is 0 Å². The molecule has 0 aliphatic heterocycles. The van der Waals surface area contributed by atoms with Crippen LogP contribution in [0.3, 0.4) is 0 Å². The lowest BCUT2D eigenvalue weighted by Crippen LogP contribution is -1.95. The number of amidine groups is 1. The van der Waals surface area contributed by atoms with Gasteiger partial charge >= 0.3 is 0 Å². The molecule has 0 N–H and O–H groups in total. The molecule has 0 aromatic heterocycles. The van der Waals surface area contributed by atoms with Crippen molar-refractivity contribution in [2.75, 3.05) is 7.05 Å². The lowest BCUT2D eigenvalue weighted by molar-refractivity contribution is 1.39. The Kier molecular flexibility index (Phi) is 3.46. The summed E-state index contributed by atoms with van der Waals surface area (Å²) in [4.78, 5) is 7.95. The molecule has 0 aliphatic rings. The van der Waals surface area contributed by atoms with E-state index in [4.69, 9.17) is 0 Å². The maximum absolute atomic E-state index is 4.07. The van der Waals surface area contributed by atoms with Crippen molar-refractivity contribution in [3.63, 3.8) is 0 Å². The lowest BCUT2D eigenvalue weighted by Gasteiger charge is -2.03. The van der Waals surface area contributed by atoms with Gasteiger partial charge in [0.05, 0.1) is 0 Å². The van der Waals surface area contributed by atoms with Gasteiger partial charge < -0.3 is 0 Å². The summed E-state index contributed by atoms with van der Waals surface area (Å²) in [5.74, 6) is 0.671. The van der Waals surface area contributed by atoms with Crippen LogP contribution in [0.1, 0.15) is 5.56 Å². The molecule has 2 heteroatoms. The van der Waals surface area contributed by atoms with Crippen molar-refractivity contribution in [2.45, 2.75) is 0 Å².